The molecule has 92 valence electrons. The monoisotopic (exact) mass is 243 g/mol. The average molecular weight is 243 g/mol. The van der Waals surface area contributed by atoms with Gasteiger partial charge in [-0.05, 0) is 12.1 Å². The van der Waals surface area contributed by atoms with Crippen LogP contribution in [0.25, 0.3) is 10.9 Å². The summed E-state index contributed by atoms with van der Waals surface area (Å²) in [5, 5.41) is 0.787. The van der Waals surface area contributed by atoms with Crippen LogP contribution < -0.4 is 0 Å². The van der Waals surface area contributed by atoms with Crippen molar-refractivity contribution in [1.29, 1.82) is 0 Å². The molecule has 2 aromatic rings. The first-order chi connectivity index (χ1) is 8.83. The Balaban J connectivity index is 2.15. The fourth-order valence-electron chi connectivity index (χ4n) is 1.62. The number of benzene rings is 1. The van der Waals surface area contributed by atoms with Crippen LogP contribution in [0.2, 0.25) is 0 Å². The Morgan fingerprint density at radius 1 is 1.28 bits per heavy atom. The summed E-state index contributed by atoms with van der Waals surface area (Å²) in [6, 6.07) is 9.09. The van der Waals surface area contributed by atoms with Crippen LogP contribution in [-0.2, 0) is 9.47 Å². The summed E-state index contributed by atoms with van der Waals surface area (Å²) in [5.74, 6) is -0.374. The first-order valence-corrected chi connectivity index (χ1v) is 5.56. The first-order valence-electron chi connectivity index (χ1n) is 5.56. The predicted molar refractivity (Wildman–Crippen MR) is 68.2 cm³/mol. The maximum absolute atomic E-state index is 11.9. The number of aromatic nitrogens is 1. The number of ether oxygens (including phenoxy) is 2. The Kier molecular flexibility index (Phi) is 3.91. The van der Waals surface area contributed by atoms with Crippen LogP contribution in [0.15, 0.2) is 49.4 Å². The smallest absolute Gasteiger partial charge is 0.338 e. The summed E-state index contributed by atoms with van der Waals surface area (Å²) in [5.41, 5.74) is 1.29. The molecule has 2 rings (SSSR count). The second-order valence-electron chi connectivity index (χ2n) is 3.55. The fourth-order valence-corrected chi connectivity index (χ4v) is 1.62. The summed E-state index contributed by atoms with van der Waals surface area (Å²) in [6.45, 7) is 3.91. The van der Waals surface area contributed by atoms with Crippen molar-refractivity contribution in [2.75, 3.05) is 13.2 Å². The molecule has 1 heterocycles. The minimum Gasteiger partial charge on any atom is -0.498 e. The number of rotatable bonds is 5. The van der Waals surface area contributed by atoms with Gasteiger partial charge in [-0.1, -0.05) is 24.8 Å². The maximum atomic E-state index is 11.9. The van der Waals surface area contributed by atoms with E-state index in [9.17, 15) is 4.79 Å². The van der Waals surface area contributed by atoms with Crippen molar-refractivity contribution in [3.63, 3.8) is 0 Å². The molecule has 0 unspecified atom stereocenters. The SMILES string of the molecule is C=COCCOC(=O)c1ccnc2ccccc12. The highest BCUT2D eigenvalue weighted by Crippen LogP contribution is 2.16. The Bertz CT molecular complexity index is 560. The third-order valence-electron chi connectivity index (χ3n) is 2.42. The second kappa shape index (κ2) is 5.82. The van der Waals surface area contributed by atoms with Crippen molar-refractivity contribution in [1.82, 2.24) is 4.98 Å². The largest absolute Gasteiger partial charge is 0.498 e. The zero-order chi connectivity index (χ0) is 12.8. The predicted octanol–water partition coefficient (Wildman–Crippen LogP) is 2.55. The molecule has 0 bridgehead atoms. The number of carbonyl (C=O) groups excluding carboxylic acids is 1. The zero-order valence-electron chi connectivity index (χ0n) is 9.83. The highest BCUT2D eigenvalue weighted by Gasteiger charge is 2.11. The molecule has 0 N–H and O–H groups in total. The van der Waals surface area contributed by atoms with Gasteiger partial charge in [0.25, 0.3) is 0 Å². The highest BCUT2D eigenvalue weighted by atomic mass is 16.6. The molecule has 0 radical (unpaired) electrons. The molecule has 1 aromatic heterocycles. The van der Waals surface area contributed by atoms with Gasteiger partial charge < -0.3 is 9.47 Å². The number of para-hydroxylation sites is 1. The third kappa shape index (κ3) is 2.66. The first kappa shape index (κ1) is 12.1. The van der Waals surface area contributed by atoms with E-state index in [4.69, 9.17) is 9.47 Å². The van der Waals surface area contributed by atoms with E-state index in [0.29, 0.717) is 12.2 Å². The van der Waals surface area contributed by atoms with Crippen LogP contribution in [0.3, 0.4) is 0 Å². The molecule has 4 heteroatoms. The maximum Gasteiger partial charge on any atom is 0.338 e. The van der Waals surface area contributed by atoms with Gasteiger partial charge in [0.2, 0.25) is 0 Å². The second-order valence-corrected chi connectivity index (χ2v) is 3.55. The number of hydrogen-bond donors (Lipinski definition) is 0. The van der Waals surface area contributed by atoms with E-state index in [0.717, 1.165) is 10.9 Å². The van der Waals surface area contributed by atoms with Crippen molar-refractivity contribution >= 4 is 16.9 Å². The van der Waals surface area contributed by atoms with E-state index in [-0.39, 0.29) is 12.6 Å². The Morgan fingerprint density at radius 3 is 2.94 bits per heavy atom. The van der Waals surface area contributed by atoms with Crippen LogP contribution in [0, 0.1) is 0 Å². The van der Waals surface area contributed by atoms with Crippen LogP contribution in [0.4, 0.5) is 0 Å². The molecular weight excluding hydrogens is 230 g/mol. The van der Waals surface area contributed by atoms with Crippen LogP contribution in [0.1, 0.15) is 10.4 Å². The zero-order valence-corrected chi connectivity index (χ0v) is 9.83. The molecule has 0 fully saturated rings. The van der Waals surface area contributed by atoms with Gasteiger partial charge in [0, 0.05) is 11.6 Å². The Morgan fingerprint density at radius 2 is 2.11 bits per heavy atom. The van der Waals surface area contributed by atoms with Gasteiger partial charge in [0.15, 0.2) is 0 Å². The van der Waals surface area contributed by atoms with Crippen molar-refractivity contribution < 1.29 is 14.3 Å². The lowest BCUT2D eigenvalue weighted by Crippen LogP contribution is -2.10. The molecule has 0 aliphatic carbocycles. The third-order valence-corrected chi connectivity index (χ3v) is 2.42. The summed E-state index contributed by atoms with van der Waals surface area (Å²) < 4.78 is 9.98. The van der Waals surface area contributed by atoms with Gasteiger partial charge >= 0.3 is 5.97 Å². The number of pyridine rings is 1. The van der Waals surface area contributed by atoms with Crippen LogP contribution in [0.5, 0.6) is 0 Å². The van der Waals surface area contributed by atoms with E-state index >= 15 is 0 Å². The summed E-state index contributed by atoms with van der Waals surface area (Å²) in [7, 11) is 0. The van der Waals surface area contributed by atoms with Crippen molar-refractivity contribution in [2.24, 2.45) is 0 Å². The van der Waals surface area contributed by atoms with Crippen molar-refractivity contribution in [2.45, 2.75) is 0 Å². The van der Waals surface area contributed by atoms with Crippen LogP contribution in [-0.4, -0.2) is 24.2 Å². The number of nitrogens with zero attached hydrogens (tertiary/aromatic N) is 1. The molecule has 1 aromatic carbocycles. The summed E-state index contributed by atoms with van der Waals surface area (Å²) in [4.78, 5) is 16.1. The number of esters is 1. The lowest BCUT2D eigenvalue weighted by Gasteiger charge is -2.06. The standard InChI is InChI=1S/C14H13NO3/c1-2-17-9-10-18-14(16)12-7-8-15-13-6-4-3-5-11(12)13/h2-8H,1,9-10H2. The van der Waals surface area contributed by atoms with E-state index in [1.165, 1.54) is 6.26 Å². The molecule has 0 spiro atoms. The molecule has 0 atom stereocenters. The molecule has 0 aliphatic heterocycles. The molecule has 18 heavy (non-hydrogen) atoms. The van der Waals surface area contributed by atoms with Gasteiger partial charge in [-0.2, -0.15) is 0 Å². The minimum atomic E-state index is -0.374. The number of hydrogen-bond acceptors (Lipinski definition) is 4. The number of fused-ring (bicyclic) bond motifs is 1. The molecular formula is C14H13NO3. The van der Waals surface area contributed by atoms with Gasteiger partial charge in [-0.25, -0.2) is 4.79 Å². The highest BCUT2D eigenvalue weighted by molar-refractivity contribution is 6.03. The topological polar surface area (TPSA) is 48.4 Å². The fraction of sp³-hybridized carbons (Fsp3) is 0.143. The Hall–Kier alpha value is -2.36. The van der Waals surface area contributed by atoms with Crippen LogP contribution >= 0.6 is 0 Å². The van der Waals surface area contributed by atoms with E-state index < -0.39 is 0 Å². The van der Waals surface area contributed by atoms with E-state index in [1.54, 1.807) is 12.3 Å². The van der Waals surface area contributed by atoms with E-state index in [1.807, 2.05) is 24.3 Å². The lowest BCUT2D eigenvalue weighted by molar-refractivity contribution is 0.0423. The normalized spacial score (nSPS) is 10.0. The minimum absolute atomic E-state index is 0.196. The van der Waals surface area contributed by atoms with Crippen molar-refractivity contribution in [3.8, 4) is 0 Å². The average Bonchev–Trinajstić information content (AvgIpc) is 2.43. The molecule has 0 aliphatic rings. The summed E-state index contributed by atoms with van der Waals surface area (Å²) in [6.07, 6.45) is 2.91. The molecule has 0 saturated heterocycles. The van der Waals surface area contributed by atoms with Gasteiger partial charge in [0.1, 0.15) is 13.2 Å². The molecule has 0 saturated carbocycles. The van der Waals surface area contributed by atoms with Gasteiger partial charge in [-0.15, -0.1) is 0 Å². The lowest BCUT2D eigenvalue weighted by atomic mass is 10.1. The molecule has 0 amide bonds. The van der Waals surface area contributed by atoms with Gasteiger partial charge in [-0.3, -0.25) is 4.98 Å². The number of carbonyl (C=O) groups is 1. The Labute approximate surface area is 105 Å². The van der Waals surface area contributed by atoms with Gasteiger partial charge in [0.05, 0.1) is 17.3 Å². The van der Waals surface area contributed by atoms with Crippen molar-refractivity contribution in [3.05, 3.63) is 54.9 Å². The quantitative estimate of drug-likeness (QED) is 0.460. The molecule has 4 nitrogen and oxygen atoms in total. The summed E-state index contributed by atoms with van der Waals surface area (Å²) >= 11 is 0. The van der Waals surface area contributed by atoms with E-state index in [2.05, 4.69) is 11.6 Å².